The Morgan fingerprint density at radius 3 is 2.70 bits per heavy atom. The second-order valence-corrected chi connectivity index (χ2v) is 4.92. The number of hydrogen-bond acceptors (Lipinski definition) is 5. The number of carbonyl (C=O) groups excluding carboxylic acids is 1. The molecule has 2 aromatic rings. The van der Waals surface area contributed by atoms with Gasteiger partial charge in [-0.2, -0.15) is 5.26 Å². The first-order chi connectivity index (χ1) is 9.67. The summed E-state index contributed by atoms with van der Waals surface area (Å²) >= 11 is 3.36. The first-order valence-electron chi connectivity index (χ1n) is 5.86. The van der Waals surface area contributed by atoms with E-state index in [9.17, 15) is 4.79 Å². The maximum atomic E-state index is 11.4. The van der Waals surface area contributed by atoms with Crippen LogP contribution in [0.25, 0.3) is 0 Å². The summed E-state index contributed by atoms with van der Waals surface area (Å²) in [6.07, 6.45) is 0.495. The van der Waals surface area contributed by atoms with Crippen molar-refractivity contribution in [1.29, 1.82) is 5.26 Å². The highest BCUT2D eigenvalue weighted by atomic mass is 79.9. The summed E-state index contributed by atoms with van der Waals surface area (Å²) < 4.78 is 6.39. The first-order valence-corrected chi connectivity index (χ1v) is 6.66. The first kappa shape index (κ1) is 14.2. The van der Waals surface area contributed by atoms with Crippen molar-refractivity contribution in [3.8, 4) is 6.07 Å². The number of carbonyl (C=O) groups is 1. The molecule has 102 valence electrons. The Morgan fingerprint density at radius 2 is 2.00 bits per heavy atom. The summed E-state index contributed by atoms with van der Waals surface area (Å²) in [5.41, 5.74) is 1.04. The molecule has 1 N–H and O–H groups in total. The Balaban J connectivity index is 1.93. The number of amides is 1. The van der Waals surface area contributed by atoms with E-state index in [-0.39, 0.29) is 24.8 Å². The number of benzene rings is 1. The van der Waals surface area contributed by atoms with E-state index in [1.807, 2.05) is 30.3 Å². The molecule has 0 aliphatic rings. The molecule has 1 aromatic heterocycles. The Labute approximate surface area is 123 Å². The van der Waals surface area contributed by atoms with Crippen molar-refractivity contribution in [1.82, 2.24) is 15.5 Å². The fourth-order valence-electron chi connectivity index (χ4n) is 1.55. The van der Waals surface area contributed by atoms with E-state index >= 15 is 0 Å². The van der Waals surface area contributed by atoms with E-state index in [0.717, 1.165) is 10.0 Å². The molecule has 0 saturated carbocycles. The van der Waals surface area contributed by atoms with Crippen LogP contribution in [0.1, 0.15) is 17.3 Å². The number of nitriles is 1. The van der Waals surface area contributed by atoms with Crippen molar-refractivity contribution in [2.75, 3.05) is 6.54 Å². The van der Waals surface area contributed by atoms with Gasteiger partial charge < -0.3 is 9.73 Å². The van der Waals surface area contributed by atoms with Gasteiger partial charge in [-0.25, -0.2) is 0 Å². The molecule has 0 atom stereocenters. The van der Waals surface area contributed by atoms with Crippen molar-refractivity contribution in [2.45, 2.75) is 12.8 Å². The van der Waals surface area contributed by atoms with Gasteiger partial charge >= 0.3 is 0 Å². The molecule has 0 aliphatic heterocycles. The van der Waals surface area contributed by atoms with Gasteiger partial charge in [0, 0.05) is 4.47 Å². The van der Waals surface area contributed by atoms with E-state index in [1.54, 1.807) is 0 Å². The Kier molecular flexibility index (Phi) is 4.85. The van der Waals surface area contributed by atoms with Crippen molar-refractivity contribution in [2.24, 2.45) is 0 Å². The summed E-state index contributed by atoms with van der Waals surface area (Å²) in [4.78, 5) is 11.4. The fourth-order valence-corrected chi connectivity index (χ4v) is 1.81. The minimum atomic E-state index is -0.314. The Hall–Kier alpha value is -2.20. The normalized spacial score (nSPS) is 10.0. The highest BCUT2D eigenvalue weighted by molar-refractivity contribution is 9.10. The van der Waals surface area contributed by atoms with Gasteiger partial charge in [-0.1, -0.05) is 28.1 Å². The largest absolute Gasteiger partial charge is 0.424 e. The number of halogens is 1. The second kappa shape index (κ2) is 6.82. The van der Waals surface area contributed by atoms with Crippen LogP contribution < -0.4 is 5.32 Å². The van der Waals surface area contributed by atoms with Crippen LogP contribution in [0.3, 0.4) is 0 Å². The van der Waals surface area contributed by atoms with Gasteiger partial charge in [-0.15, -0.1) is 10.2 Å². The fraction of sp³-hybridized carbons (Fsp3) is 0.231. The molecular weight excluding hydrogens is 324 g/mol. The SMILES string of the molecule is N#CCNC(=O)Cc1nnc(Cc2ccc(Br)cc2)o1. The molecule has 0 unspecified atom stereocenters. The quantitative estimate of drug-likeness (QED) is 0.838. The zero-order valence-corrected chi connectivity index (χ0v) is 12.1. The van der Waals surface area contributed by atoms with Crippen LogP contribution in [0, 0.1) is 11.3 Å². The highest BCUT2D eigenvalue weighted by Gasteiger charge is 2.11. The molecule has 0 spiro atoms. The Bertz CT molecular complexity index is 631. The lowest BCUT2D eigenvalue weighted by atomic mass is 10.1. The standard InChI is InChI=1S/C13H11BrN4O2/c14-10-3-1-9(2-4-10)7-12-17-18-13(20-12)8-11(19)16-6-5-15/h1-4H,6-8H2,(H,16,19). The van der Waals surface area contributed by atoms with E-state index < -0.39 is 0 Å². The zero-order valence-electron chi connectivity index (χ0n) is 10.5. The molecular formula is C13H11BrN4O2. The summed E-state index contributed by atoms with van der Waals surface area (Å²) in [6, 6.07) is 9.59. The maximum Gasteiger partial charge on any atom is 0.230 e. The second-order valence-electron chi connectivity index (χ2n) is 4.00. The maximum absolute atomic E-state index is 11.4. The van der Waals surface area contributed by atoms with Gasteiger partial charge in [0.25, 0.3) is 0 Å². The number of rotatable bonds is 5. The molecule has 7 heteroatoms. The highest BCUT2D eigenvalue weighted by Crippen LogP contribution is 2.13. The van der Waals surface area contributed by atoms with Gasteiger partial charge in [0.2, 0.25) is 17.7 Å². The molecule has 1 heterocycles. The lowest BCUT2D eigenvalue weighted by Gasteiger charge is -1.97. The number of aromatic nitrogens is 2. The molecule has 0 fully saturated rings. The van der Waals surface area contributed by atoms with Crippen molar-refractivity contribution in [3.63, 3.8) is 0 Å². The predicted molar refractivity (Wildman–Crippen MR) is 73.6 cm³/mol. The summed E-state index contributed by atoms with van der Waals surface area (Å²) in [5.74, 6) is 0.383. The summed E-state index contributed by atoms with van der Waals surface area (Å²) in [5, 5.41) is 18.5. The van der Waals surface area contributed by atoms with Crippen LogP contribution in [-0.2, 0) is 17.6 Å². The van der Waals surface area contributed by atoms with Crippen LogP contribution >= 0.6 is 15.9 Å². The van der Waals surface area contributed by atoms with Crippen LogP contribution in [0.15, 0.2) is 33.2 Å². The van der Waals surface area contributed by atoms with Crippen LogP contribution in [0.5, 0.6) is 0 Å². The average Bonchev–Trinajstić information content (AvgIpc) is 2.86. The predicted octanol–water partition coefficient (Wildman–Crippen LogP) is 1.61. The monoisotopic (exact) mass is 334 g/mol. The van der Waals surface area contributed by atoms with E-state index in [4.69, 9.17) is 9.68 Å². The van der Waals surface area contributed by atoms with Crippen LogP contribution in [0.2, 0.25) is 0 Å². The van der Waals surface area contributed by atoms with E-state index in [2.05, 4.69) is 31.4 Å². The number of nitrogens with one attached hydrogen (secondary N) is 1. The van der Waals surface area contributed by atoms with E-state index in [0.29, 0.717) is 12.3 Å². The number of hydrogen-bond donors (Lipinski definition) is 1. The molecule has 6 nitrogen and oxygen atoms in total. The average molecular weight is 335 g/mol. The minimum Gasteiger partial charge on any atom is -0.424 e. The molecule has 20 heavy (non-hydrogen) atoms. The van der Waals surface area contributed by atoms with Crippen LogP contribution in [0.4, 0.5) is 0 Å². The third kappa shape index (κ3) is 4.17. The smallest absolute Gasteiger partial charge is 0.230 e. The number of nitrogens with zero attached hydrogens (tertiary/aromatic N) is 3. The van der Waals surface area contributed by atoms with Crippen molar-refractivity contribution < 1.29 is 9.21 Å². The molecule has 1 amide bonds. The van der Waals surface area contributed by atoms with Gasteiger partial charge in [-0.05, 0) is 17.7 Å². The molecule has 0 saturated heterocycles. The molecule has 1 aromatic carbocycles. The van der Waals surface area contributed by atoms with Gasteiger partial charge in [0.1, 0.15) is 13.0 Å². The lowest BCUT2D eigenvalue weighted by Crippen LogP contribution is -2.25. The van der Waals surface area contributed by atoms with Gasteiger partial charge in [0.15, 0.2) is 0 Å². The van der Waals surface area contributed by atoms with Crippen LogP contribution in [-0.4, -0.2) is 22.6 Å². The minimum absolute atomic E-state index is 0.0188. The molecule has 0 aliphatic carbocycles. The molecule has 0 bridgehead atoms. The summed E-state index contributed by atoms with van der Waals surface area (Å²) in [7, 11) is 0. The molecule has 2 rings (SSSR count). The van der Waals surface area contributed by atoms with Gasteiger partial charge in [0.05, 0.1) is 12.5 Å². The third-order valence-corrected chi connectivity index (χ3v) is 2.98. The van der Waals surface area contributed by atoms with Crippen molar-refractivity contribution >= 4 is 21.8 Å². The Morgan fingerprint density at radius 1 is 1.30 bits per heavy atom. The zero-order chi connectivity index (χ0) is 14.4. The summed E-state index contributed by atoms with van der Waals surface area (Å²) in [6.45, 7) is -0.0290. The van der Waals surface area contributed by atoms with Crippen molar-refractivity contribution in [3.05, 3.63) is 46.1 Å². The third-order valence-electron chi connectivity index (χ3n) is 2.45. The van der Waals surface area contributed by atoms with Gasteiger partial charge in [-0.3, -0.25) is 4.79 Å². The topological polar surface area (TPSA) is 91.8 Å². The molecule has 0 radical (unpaired) electrons. The van der Waals surface area contributed by atoms with E-state index in [1.165, 1.54) is 0 Å². The lowest BCUT2D eigenvalue weighted by molar-refractivity contribution is -0.120.